The molecule has 0 bridgehead atoms. The fourth-order valence-electron chi connectivity index (χ4n) is 4.10. The number of likely N-dealkylation sites (tertiary alicyclic amines) is 1. The zero-order valence-electron chi connectivity index (χ0n) is 17.4. The number of phenolic OH excluding ortho intramolecular Hbond substituents is 1. The lowest BCUT2D eigenvalue weighted by molar-refractivity contribution is 0.103. The Morgan fingerprint density at radius 3 is 2.43 bits per heavy atom. The lowest BCUT2D eigenvalue weighted by atomic mass is 10.0. The standard InChI is InChI=1S/C26H28NO2P/c1-19-10-8-13-21(18-27-16-6-3-7-17-27)26(19)30-23-15-9-14-22(25(23)29)24(28)20-11-4-2-5-12-20/h2,4-5,8-15,29-30H,3,6-7,16-18H2,1H3. The molecule has 0 aliphatic carbocycles. The summed E-state index contributed by atoms with van der Waals surface area (Å²) in [5.74, 6) is -0.0325. The van der Waals surface area contributed by atoms with E-state index in [1.165, 1.54) is 35.7 Å². The van der Waals surface area contributed by atoms with Crippen molar-refractivity contribution in [1.82, 2.24) is 4.90 Å². The highest BCUT2D eigenvalue weighted by Crippen LogP contribution is 2.27. The molecule has 0 radical (unpaired) electrons. The number of piperidine rings is 1. The number of phenols is 1. The lowest BCUT2D eigenvalue weighted by Crippen LogP contribution is -2.31. The molecule has 0 saturated carbocycles. The van der Waals surface area contributed by atoms with Crippen molar-refractivity contribution in [3.63, 3.8) is 0 Å². The van der Waals surface area contributed by atoms with Crippen molar-refractivity contribution in [2.24, 2.45) is 0 Å². The third-order valence-electron chi connectivity index (χ3n) is 5.78. The van der Waals surface area contributed by atoms with Gasteiger partial charge in [-0.2, -0.15) is 0 Å². The molecule has 4 heteroatoms. The minimum atomic E-state index is -0.141. The second-order valence-corrected chi connectivity index (χ2v) is 9.26. The Kier molecular flexibility index (Phi) is 6.62. The summed E-state index contributed by atoms with van der Waals surface area (Å²) >= 11 is 0. The highest BCUT2D eigenvalue weighted by molar-refractivity contribution is 7.56. The zero-order chi connectivity index (χ0) is 20.9. The molecular formula is C26H28NO2P. The average Bonchev–Trinajstić information content (AvgIpc) is 2.78. The third kappa shape index (κ3) is 4.64. The molecular weight excluding hydrogens is 389 g/mol. The first-order valence-electron chi connectivity index (χ1n) is 10.6. The van der Waals surface area contributed by atoms with E-state index in [1.807, 2.05) is 30.3 Å². The summed E-state index contributed by atoms with van der Waals surface area (Å²) in [5, 5.41) is 13.1. The summed E-state index contributed by atoms with van der Waals surface area (Å²) in [6.45, 7) is 5.40. The van der Waals surface area contributed by atoms with Crippen LogP contribution in [0.5, 0.6) is 5.75 Å². The van der Waals surface area contributed by atoms with Crippen molar-refractivity contribution < 1.29 is 9.90 Å². The van der Waals surface area contributed by atoms with Crippen LogP contribution in [0.25, 0.3) is 0 Å². The molecule has 4 rings (SSSR count). The number of benzene rings is 3. The molecule has 3 aromatic carbocycles. The van der Waals surface area contributed by atoms with Crippen LogP contribution in [-0.2, 0) is 6.54 Å². The Labute approximate surface area is 180 Å². The summed E-state index contributed by atoms with van der Waals surface area (Å²) in [6.07, 6.45) is 3.87. The number of aryl methyl sites for hydroxylation is 1. The predicted molar refractivity (Wildman–Crippen MR) is 126 cm³/mol. The minimum Gasteiger partial charge on any atom is -0.507 e. The predicted octanol–water partition coefficient (Wildman–Crippen LogP) is 4.55. The fraction of sp³-hybridized carbons (Fsp3) is 0.269. The van der Waals surface area contributed by atoms with Crippen LogP contribution in [0.1, 0.15) is 46.3 Å². The molecule has 1 N–H and O–H groups in total. The summed E-state index contributed by atoms with van der Waals surface area (Å²) in [7, 11) is 0.312. The first-order chi connectivity index (χ1) is 14.6. The topological polar surface area (TPSA) is 40.5 Å². The highest BCUT2D eigenvalue weighted by Gasteiger charge is 2.18. The minimum absolute atomic E-state index is 0.108. The van der Waals surface area contributed by atoms with E-state index >= 15 is 0 Å². The number of rotatable bonds is 6. The van der Waals surface area contributed by atoms with Crippen LogP contribution in [0.2, 0.25) is 0 Å². The Bertz CT molecular complexity index is 1030. The van der Waals surface area contributed by atoms with E-state index in [9.17, 15) is 9.90 Å². The van der Waals surface area contributed by atoms with Gasteiger partial charge in [0.05, 0.1) is 5.56 Å². The summed E-state index contributed by atoms with van der Waals surface area (Å²) in [6, 6.07) is 21.1. The van der Waals surface area contributed by atoms with Crippen LogP contribution in [0.4, 0.5) is 0 Å². The second kappa shape index (κ2) is 9.55. The van der Waals surface area contributed by atoms with Gasteiger partial charge >= 0.3 is 0 Å². The van der Waals surface area contributed by atoms with Crippen LogP contribution in [0.15, 0.2) is 66.7 Å². The van der Waals surface area contributed by atoms with Gasteiger partial charge in [-0.15, -0.1) is 0 Å². The molecule has 1 aliphatic rings. The maximum atomic E-state index is 12.9. The second-order valence-electron chi connectivity index (χ2n) is 7.97. The van der Waals surface area contributed by atoms with Crippen molar-refractivity contribution in [2.75, 3.05) is 13.1 Å². The number of hydrogen-bond acceptors (Lipinski definition) is 3. The van der Waals surface area contributed by atoms with Gasteiger partial charge in [0, 0.05) is 17.4 Å². The van der Waals surface area contributed by atoms with Gasteiger partial charge in [0.2, 0.25) is 0 Å². The van der Waals surface area contributed by atoms with Crippen molar-refractivity contribution >= 4 is 25.0 Å². The van der Waals surface area contributed by atoms with Gasteiger partial charge in [-0.25, -0.2) is 0 Å². The van der Waals surface area contributed by atoms with Crippen molar-refractivity contribution in [3.8, 4) is 5.75 Å². The third-order valence-corrected chi connectivity index (χ3v) is 7.42. The summed E-state index contributed by atoms with van der Waals surface area (Å²) in [4.78, 5) is 15.4. The fourth-order valence-corrected chi connectivity index (χ4v) is 5.41. The van der Waals surface area contributed by atoms with E-state index in [0.717, 1.165) is 24.9 Å². The number of carbonyl (C=O) groups excluding carboxylic acids is 1. The largest absolute Gasteiger partial charge is 0.507 e. The molecule has 3 aromatic rings. The SMILES string of the molecule is Cc1cccc(CN2CCCCC2)c1Pc1cccc(C(=O)c2ccccc2)c1O. The van der Waals surface area contributed by atoms with Crippen LogP contribution in [-0.4, -0.2) is 28.9 Å². The summed E-state index contributed by atoms with van der Waals surface area (Å²) in [5.41, 5.74) is 3.53. The van der Waals surface area contributed by atoms with E-state index in [4.69, 9.17) is 0 Å². The van der Waals surface area contributed by atoms with Crippen molar-refractivity contribution in [2.45, 2.75) is 32.7 Å². The molecule has 1 fully saturated rings. The van der Waals surface area contributed by atoms with Gasteiger partial charge in [-0.3, -0.25) is 9.69 Å². The monoisotopic (exact) mass is 417 g/mol. The number of hydrogen-bond donors (Lipinski definition) is 1. The molecule has 3 nitrogen and oxygen atoms in total. The van der Waals surface area contributed by atoms with Gasteiger partial charge < -0.3 is 5.11 Å². The molecule has 1 heterocycles. The molecule has 154 valence electrons. The first kappa shape index (κ1) is 20.8. The number of aromatic hydroxyl groups is 1. The molecule has 1 saturated heterocycles. The van der Waals surface area contributed by atoms with E-state index in [1.54, 1.807) is 18.2 Å². The van der Waals surface area contributed by atoms with Crippen molar-refractivity contribution in [1.29, 1.82) is 0 Å². The molecule has 0 aromatic heterocycles. The van der Waals surface area contributed by atoms with Crippen LogP contribution < -0.4 is 10.6 Å². The Morgan fingerprint density at radius 1 is 0.933 bits per heavy atom. The molecule has 30 heavy (non-hydrogen) atoms. The smallest absolute Gasteiger partial charge is 0.196 e. The van der Waals surface area contributed by atoms with Crippen molar-refractivity contribution in [3.05, 3.63) is 89.0 Å². The number of carbonyl (C=O) groups is 1. The van der Waals surface area contributed by atoms with Gasteiger partial charge in [0.15, 0.2) is 5.78 Å². The van der Waals surface area contributed by atoms with Gasteiger partial charge in [0.1, 0.15) is 5.75 Å². The Hall–Kier alpha value is -2.48. The molecule has 1 atom stereocenters. The maximum absolute atomic E-state index is 12.9. The van der Waals surface area contributed by atoms with E-state index in [2.05, 4.69) is 30.0 Å². The van der Waals surface area contributed by atoms with Gasteiger partial charge in [0.25, 0.3) is 0 Å². The van der Waals surface area contributed by atoms with E-state index < -0.39 is 0 Å². The van der Waals surface area contributed by atoms with Crippen LogP contribution >= 0.6 is 8.58 Å². The Balaban J connectivity index is 1.63. The molecule has 1 aliphatic heterocycles. The molecule has 0 spiro atoms. The average molecular weight is 417 g/mol. The number of nitrogens with zero attached hydrogens (tertiary/aromatic N) is 1. The maximum Gasteiger partial charge on any atom is 0.196 e. The molecule has 1 unspecified atom stereocenters. The van der Waals surface area contributed by atoms with Gasteiger partial charge in [-0.05, 0) is 55.4 Å². The van der Waals surface area contributed by atoms with E-state index in [0.29, 0.717) is 19.7 Å². The summed E-state index contributed by atoms with van der Waals surface area (Å²) < 4.78 is 0. The lowest BCUT2D eigenvalue weighted by Gasteiger charge is -2.27. The quantitative estimate of drug-likeness (QED) is 0.473. The highest BCUT2D eigenvalue weighted by atomic mass is 31.1. The van der Waals surface area contributed by atoms with Crippen LogP contribution in [0.3, 0.4) is 0 Å². The number of ketones is 1. The normalized spacial score (nSPS) is 15.0. The first-order valence-corrected chi connectivity index (χ1v) is 11.6. The van der Waals surface area contributed by atoms with Crippen LogP contribution in [0, 0.1) is 6.92 Å². The van der Waals surface area contributed by atoms with E-state index in [-0.39, 0.29) is 11.5 Å². The van der Waals surface area contributed by atoms with Gasteiger partial charge in [-0.1, -0.05) is 75.7 Å². The number of para-hydroxylation sites is 1. The Morgan fingerprint density at radius 2 is 1.67 bits per heavy atom. The molecule has 0 amide bonds. The zero-order valence-corrected chi connectivity index (χ0v) is 18.4.